The average Bonchev–Trinajstić information content (AvgIpc) is 2.72. The molecule has 7 heteroatoms. The van der Waals surface area contributed by atoms with Gasteiger partial charge in [-0.25, -0.2) is 8.42 Å². The van der Waals surface area contributed by atoms with Crippen LogP contribution in [-0.2, 0) is 24.2 Å². The highest BCUT2D eigenvalue weighted by Crippen LogP contribution is 2.34. The number of aliphatic hydroxyl groups is 1. The maximum atomic E-state index is 13.2. The van der Waals surface area contributed by atoms with Crippen molar-refractivity contribution in [3.8, 4) is 0 Å². The van der Waals surface area contributed by atoms with Gasteiger partial charge in [0.25, 0.3) is 0 Å². The molecular weight excluding hydrogens is 404 g/mol. The summed E-state index contributed by atoms with van der Waals surface area (Å²) in [6.45, 7) is 1.43. The Morgan fingerprint density at radius 2 is 1.60 bits per heavy atom. The van der Waals surface area contributed by atoms with Crippen molar-refractivity contribution in [3.05, 3.63) is 53.5 Å². The number of rotatable bonds is 12. The fourth-order valence-electron chi connectivity index (χ4n) is 3.56. The summed E-state index contributed by atoms with van der Waals surface area (Å²) in [5.74, 6) is -1.33. The Balaban J connectivity index is 2.10. The summed E-state index contributed by atoms with van der Waals surface area (Å²) in [6, 6.07) is 7.76. The van der Waals surface area contributed by atoms with E-state index in [-0.39, 0.29) is 22.8 Å². The summed E-state index contributed by atoms with van der Waals surface area (Å²) in [6.07, 6.45) is 10.8. The number of esters is 1. The van der Waals surface area contributed by atoms with Gasteiger partial charge in [0, 0.05) is 13.5 Å². The highest BCUT2D eigenvalue weighted by atomic mass is 32.2. The molecule has 0 radical (unpaired) electrons. The summed E-state index contributed by atoms with van der Waals surface area (Å²) in [4.78, 5) is 24.6. The number of hydrogen-bond donors (Lipinski definition) is 1. The monoisotopic (exact) mass is 434 g/mol. The molecule has 0 aliphatic heterocycles. The quantitative estimate of drug-likeness (QED) is 0.396. The first-order valence-corrected chi connectivity index (χ1v) is 11.9. The highest BCUT2D eigenvalue weighted by molar-refractivity contribution is 7.96. The van der Waals surface area contributed by atoms with E-state index in [1.54, 1.807) is 18.2 Å². The first kappa shape index (κ1) is 24.0. The number of ether oxygens (including phenoxy) is 1. The molecule has 1 N–H and O–H groups in total. The van der Waals surface area contributed by atoms with Crippen molar-refractivity contribution in [2.75, 3.05) is 6.61 Å². The Kier molecular flexibility index (Phi) is 8.99. The number of carbonyl (C=O) groups is 2. The van der Waals surface area contributed by atoms with Crippen LogP contribution in [0.15, 0.2) is 58.4 Å². The van der Waals surface area contributed by atoms with Gasteiger partial charge in [-0.3, -0.25) is 9.59 Å². The number of ketones is 1. The molecule has 1 aliphatic rings. The van der Waals surface area contributed by atoms with Gasteiger partial charge in [-0.1, -0.05) is 56.4 Å². The van der Waals surface area contributed by atoms with Gasteiger partial charge < -0.3 is 9.84 Å². The molecule has 0 heterocycles. The van der Waals surface area contributed by atoms with Crippen molar-refractivity contribution in [3.63, 3.8) is 0 Å². The number of allylic oxidation sites excluding steroid dienone is 2. The molecule has 0 aromatic heterocycles. The molecule has 1 aromatic rings. The fourth-order valence-corrected chi connectivity index (χ4v) is 5.00. The zero-order valence-corrected chi connectivity index (χ0v) is 18.2. The molecule has 1 atom stereocenters. The molecule has 164 valence electrons. The lowest BCUT2D eigenvalue weighted by Crippen LogP contribution is -2.44. The van der Waals surface area contributed by atoms with Crippen LogP contribution in [0.3, 0.4) is 0 Å². The van der Waals surface area contributed by atoms with Crippen molar-refractivity contribution in [1.82, 2.24) is 0 Å². The summed E-state index contributed by atoms with van der Waals surface area (Å²) >= 11 is 0. The van der Waals surface area contributed by atoms with Gasteiger partial charge in [-0.15, -0.1) is 0 Å². The Morgan fingerprint density at radius 3 is 2.20 bits per heavy atom. The van der Waals surface area contributed by atoms with Crippen LogP contribution >= 0.6 is 0 Å². The van der Waals surface area contributed by atoms with E-state index >= 15 is 0 Å². The third-order valence-corrected chi connectivity index (χ3v) is 6.89. The second kappa shape index (κ2) is 11.2. The second-order valence-corrected chi connectivity index (χ2v) is 9.39. The Labute approximate surface area is 178 Å². The molecule has 0 fully saturated rings. The lowest BCUT2D eigenvalue weighted by atomic mass is 9.87. The maximum Gasteiger partial charge on any atom is 0.303 e. The van der Waals surface area contributed by atoms with Gasteiger partial charge in [0.15, 0.2) is 5.60 Å². The normalized spacial score (nSPS) is 18.9. The Bertz CT molecular complexity index is 886. The van der Waals surface area contributed by atoms with Gasteiger partial charge in [0.2, 0.25) is 15.6 Å². The Morgan fingerprint density at radius 1 is 1.00 bits per heavy atom. The van der Waals surface area contributed by atoms with Gasteiger partial charge in [0.05, 0.1) is 4.90 Å². The fraction of sp³-hybridized carbons (Fsp3) is 0.478. The first-order chi connectivity index (χ1) is 14.3. The SMILES string of the molecule is CC(=O)OC1(CCCCCCCCCO)C=CC=C(S(=O)(=O)c2ccccc2)C1=O. The zero-order chi connectivity index (χ0) is 22.0. The van der Waals surface area contributed by atoms with E-state index in [1.165, 1.54) is 37.3 Å². The summed E-state index contributed by atoms with van der Waals surface area (Å²) in [5, 5.41) is 8.80. The Hall–Kier alpha value is -2.25. The van der Waals surface area contributed by atoms with Gasteiger partial charge >= 0.3 is 5.97 Å². The van der Waals surface area contributed by atoms with Gasteiger partial charge in [-0.2, -0.15) is 0 Å². The maximum absolute atomic E-state index is 13.2. The van der Waals surface area contributed by atoms with Crippen LogP contribution in [0.2, 0.25) is 0 Å². The van der Waals surface area contributed by atoms with Crippen LogP contribution in [-0.4, -0.2) is 37.5 Å². The van der Waals surface area contributed by atoms with Crippen molar-refractivity contribution >= 4 is 21.6 Å². The van der Waals surface area contributed by atoms with E-state index in [0.717, 1.165) is 38.5 Å². The lowest BCUT2D eigenvalue weighted by molar-refractivity contribution is -0.159. The molecule has 1 unspecified atom stereocenters. The summed E-state index contributed by atoms with van der Waals surface area (Å²) < 4.78 is 31.4. The minimum Gasteiger partial charge on any atom is -0.446 e. The highest BCUT2D eigenvalue weighted by Gasteiger charge is 2.45. The average molecular weight is 435 g/mol. The van der Waals surface area contributed by atoms with Gasteiger partial charge in [0.1, 0.15) is 4.91 Å². The van der Waals surface area contributed by atoms with E-state index in [0.29, 0.717) is 6.42 Å². The van der Waals surface area contributed by atoms with Crippen LogP contribution in [0.5, 0.6) is 0 Å². The number of Topliss-reactive ketones (excluding diaryl/α,β-unsaturated/α-hetero) is 1. The van der Waals surface area contributed by atoms with Crippen molar-refractivity contribution in [2.24, 2.45) is 0 Å². The van der Waals surface area contributed by atoms with E-state index < -0.39 is 27.2 Å². The number of aliphatic hydroxyl groups excluding tert-OH is 1. The smallest absolute Gasteiger partial charge is 0.303 e. The molecule has 30 heavy (non-hydrogen) atoms. The van der Waals surface area contributed by atoms with Crippen molar-refractivity contribution in [2.45, 2.75) is 68.8 Å². The lowest BCUT2D eigenvalue weighted by Gasteiger charge is -2.31. The van der Waals surface area contributed by atoms with Crippen LogP contribution in [0.4, 0.5) is 0 Å². The van der Waals surface area contributed by atoms with Gasteiger partial charge in [-0.05, 0) is 43.5 Å². The molecule has 0 bridgehead atoms. The molecule has 0 saturated carbocycles. The summed E-state index contributed by atoms with van der Waals surface area (Å²) in [7, 11) is -4.02. The predicted molar refractivity (Wildman–Crippen MR) is 114 cm³/mol. The standard InChI is InChI=1S/C23H30O6S/c1-19(25)29-23(16-10-5-3-2-4-6-11-18-24)17-12-15-21(22(23)26)30(27,28)20-13-8-7-9-14-20/h7-9,12-15,17,24H,2-6,10-11,16,18H2,1H3. The molecule has 1 aliphatic carbocycles. The molecule has 1 aromatic carbocycles. The molecule has 0 saturated heterocycles. The largest absolute Gasteiger partial charge is 0.446 e. The van der Waals surface area contributed by atoms with Crippen LogP contribution in [0.1, 0.15) is 58.3 Å². The predicted octanol–water partition coefficient (Wildman–Crippen LogP) is 3.90. The number of benzene rings is 1. The molecule has 2 rings (SSSR count). The van der Waals surface area contributed by atoms with Crippen molar-refractivity contribution < 1.29 is 27.9 Å². The van der Waals surface area contributed by atoms with Crippen molar-refractivity contribution in [1.29, 1.82) is 0 Å². The number of hydrogen-bond acceptors (Lipinski definition) is 6. The minimum absolute atomic E-state index is 0.0273. The third kappa shape index (κ3) is 6.12. The zero-order valence-electron chi connectivity index (χ0n) is 17.4. The van der Waals surface area contributed by atoms with E-state index in [1.807, 2.05) is 0 Å². The van der Waals surface area contributed by atoms with E-state index in [2.05, 4.69) is 0 Å². The number of sulfone groups is 1. The minimum atomic E-state index is -4.02. The van der Waals surface area contributed by atoms with Crippen LogP contribution in [0.25, 0.3) is 0 Å². The third-order valence-electron chi connectivity index (χ3n) is 5.10. The van der Waals surface area contributed by atoms with Crippen LogP contribution in [0, 0.1) is 0 Å². The van der Waals surface area contributed by atoms with Crippen LogP contribution < -0.4 is 0 Å². The molecule has 0 spiro atoms. The van der Waals surface area contributed by atoms with E-state index in [9.17, 15) is 18.0 Å². The number of carbonyl (C=O) groups excluding carboxylic acids is 2. The van der Waals surface area contributed by atoms with E-state index in [4.69, 9.17) is 9.84 Å². The molecule has 6 nitrogen and oxygen atoms in total. The topological polar surface area (TPSA) is 97.7 Å². The summed E-state index contributed by atoms with van der Waals surface area (Å²) in [5.41, 5.74) is -1.59. The second-order valence-electron chi connectivity index (χ2n) is 7.47. The number of unbranched alkanes of at least 4 members (excludes halogenated alkanes) is 6. The molecule has 0 amide bonds. The first-order valence-electron chi connectivity index (χ1n) is 10.4. The molecular formula is C23H30O6S.